The fourth-order valence-corrected chi connectivity index (χ4v) is 3.07. The molecule has 5 heteroatoms. The first-order valence-electron chi connectivity index (χ1n) is 8.39. The average Bonchev–Trinajstić information content (AvgIpc) is 2.55. The van der Waals surface area contributed by atoms with E-state index in [0.717, 1.165) is 19.3 Å². The minimum Gasteiger partial charge on any atom is -0.512 e. The van der Waals surface area contributed by atoms with Gasteiger partial charge in [-0.15, -0.1) is 0 Å². The zero-order valence-corrected chi connectivity index (χ0v) is 13.9. The highest BCUT2D eigenvalue weighted by Gasteiger charge is 2.33. The predicted molar refractivity (Wildman–Crippen MR) is 89.6 cm³/mol. The van der Waals surface area contributed by atoms with Crippen LogP contribution in [0.15, 0.2) is 41.7 Å². The van der Waals surface area contributed by atoms with E-state index in [0.29, 0.717) is 0 Å². The number of aliphatic carboxylic acids is 1. The third kappa shape index (κ3) is 4.85. The number of carboxylic acid groups (broad SMARTS) is 1. The van der Waals surface area contributed by atoms with Gasteiger partial charge in [-0.3, -0.25) is 4.79 Å². The van der Waals surface area contributed by atoms with Gasteiger partial charge in [0, 0.05) is 12.8 Å². The number of aliphatic hydroxyl groups is 1. The van der Waals surface area contributed by atoms with Crippen molar-refractivity contribution in [2.45, 2.75) is 51.6 Å². The largest absolute Gasteiger partial charge is 0.512 e. The molecule has 2 rings (SSSR count). The lowest BCUT2D eigenvalue weighted by molar-refractivity contribution is -0.150. The molecule has 0 aliphatic carbocycles. The molecule has 2 atom stereocenters. The van der Waals surface area contributed by atoms with Crippen molar-refractivity contribution in [2.75, 3.05) is 0 Å². The summed E-state index contributed by atoms with van der Waals surface area (Å²) in [5.41, 5.74) is 1.34. The number of carbonyl (C=O) groups is 2. The third-order valence-electron chi connectivity index (χ3n) is 4.53. The molecule has 0 aromatic heterocycles. The highest BCUT2D eigenvalue weighted by Crippen LogP contribution is 2.30. The summed E-state index contributed by atoms with van der Waals surface area (Å²) in [5, 5.41) is 18.9. The van der Waals surface area contributed by atoms with Crippen LogP contribution < -0.4 is 0 Å². The van der Waals surface area contributed by atoms with Gasteiger partial charge in [0.15, 0.2) is 0 Å². The van der Waals surface area contributed by atoms with Crippen molar-refractivity contribution in [3.05, 3.63) is 47.2 Å². The summed E-state index contributed by atoms with van der Waals surface area (Å²) >= 11 is 0. The molecule has 0 saturated carbocycles. The van der Waals surface area contributed by atoms with E-state index in [4.69, 9.17) is 9.84 Å². The maximum atomic E-state index is 12.1. The van der Waals surface area contributed by atoms with Crippen LogP contribution in [0.5, 0.6) is 0 Å². The molecular weight excluding hydrogens is 308 g/mol. The van der Waals surface area contributed by atoms with Gasteiger partial charge in [0.25, 0.3) is 0 Å². The summed E-state index contributed by atoms with van der Waals surface area (Å²) in [6.45, 7) is 2.05. The molecule has 24 heavy (non-hydrogen) atoms. The van der Waals surface area contributed by atoms with Gasteiger partial charge in [-0.25, -0.2) is 4.79 Å². The second kappa shape index (κ2) is 8.52. The first kappa shape index (κ1) is 18.0. The van der Waals surface area contributed by atoms with Crippen molar-refractivity contribution in [2.24, 2.45) is 5.92 Å². The molecule has 0 spiro atoms. The van der Waals surface area contributed by atoms with Gasteiger partial charge in [0.2, 0.25) is 0 Å². The number of benzene rings is 1. The van der Waals surface area contributed by atoms with Crippen LogP contribution in [0, 0.1) is 5.92 Å². The molecule has 1 unspecified atom stereocenters. The van der Waals surface area contributed by atoms with Crippen molar-refractivity contribution >= 4 is 11.9 Å². The second-order valence-electron chi connectivity index (χ2n) is 6.16. The molecule has 0 radical (unpaired) electrons. The van der Waals surface area contributed by atoms with Crippen LogP contribution in [0.2, 0.25) is 0 Å². The van der Waals surface area contributed by atoms with E-state index in [1.807, 2.05) is 25.1 Å². The SMILES string of the molecule is CCC(CCc1ccccc1)[C@H]1CC(O)=C(CCC(=O)O)C(=O)O1. The summed E-state index contributed by atoms with van der Waals surface area (Å²) in [5.74, 6) is -1.43. The topological polar surface area (TPSA) is 83.8 Å². The summed E-state index contributed by atoms with van der Waals surface area (Å²) in [6, 6.07) is 10.1. The standard InChI is InChI=1S/C19H24O5/c1-2-14(9-8-13-6-4-3-5-7-13)17-12-16(20)15(19(23)24-17)10-11-18(21)22/h3-7,14,17,20H,2,8-12H2,1H3,(H,21,22)/t14?,17-/m1/s1. The Morgan fingerprint density at radius 2 is 2.00 bits per heavy atom. The Balaban J connectivity index is 1.98. The minimum atomic E-state index is -1.00. The van der Waals surface area contributed by atoms with E-state index in [1.54, 1.807) is 0 Å². The number of carbonyl (C=O) groups excluding carboxylic acids is 1. The van der Waals surface area contributed by atoms with Gasteiger partial charge >= 0.3 is 11.9 Å². The Hall–Kier alpha value is -2.30. The Bertz CT molecular complexity index is 605. The van der Waals surface area contributed by atoms with Gasteiger partial charge in [-0.05, 0) is 37.2 Å². The van der Waals surface area contributed by atoms with E-state index in [9.17, 15) is 14.7 Å². The normalized spacial score (nSPS) is 19.0. The number of ether oxygens (including phenoxy) is 1. The Morgan fingerprint density at radius 1 is 1.29 bits per heavy atom. The molecule has 130 valence electrons. The van der Waals surface area contributed by atoms with E-state index in [2.05, 4.69) is 12.1 Å². The molecule has 0 saturated heterocycles. The molecule has 1 aliphatic heterocycles. The number of hydrogen-bond donors (Lipinski definition) is 2. The molecular formula is C19H24O5. The molecule has 2 N–H and O–H groups in total. The van der Waals surface area contributed by atoms with Crippen LogP contribution in [0.25, 0.3) is 0 Å². The number of hydrogen-bond acceptors (Lipinski definition) is 4. The highest BCUT2D eigenvalue weighted by molar-refractivity contribution is 5.90. The minimum absolute atomic E-state index is 0.00747. The van der Waals surface area contributed by atoms with Gasteiger partial charge in [0.1, 0.15) is 11.9 Å². The van der Waals surface area contributed by atoms with Gasteiger partial charge in [0.05, 0.1) is 5.57 Å². The smallest absolute Gasteiger partial charge is 0.337 e. The van der Waals surface area contributed by atoms with Crippen LogP contribution in [-0.2, 0) is 20.7 Å². The van der Waals surface area contributed by atoms with E-state index in [1.165, 1.54) is 5.56 Å². The second-order valence-corrected chi connectivity index (χ2v) is 6.16. The molecule has 5 nitrogen and oxygen atoms in total. The fraction of sp³-hybridized carbons (Fsp3) is 0.474. The van der Waals surface area contributed by atoms with Gasteiger partial charge in [-0.1, -0.05) is 37.3 Å². The zero-order valence-electron chi connectivity index (χ0n) is 13.9. The molecule has 1 aliphatic rings. The molecule has 0 bridgehead atoms. The Kier molecular flexibility index (Phi) is 6.41. The number of cyclic esters (lactones) is 1. The zero-order chi connectivity index (χ0) is 17.5. The fourth-order valence-electron chi connectivity index (χ4n) is 3.07. The third-order valence-corrected chi connectivity index (χ3v) is 4.53. The van der Waals surface area contributed by atoms with Crippen molar-refractivity contribution in [1.82, 2.24) is 0 Å². The number of rotatable bonds is 8. The van der Waals surface area contributed by atoms with E-state index < -0.39 is 11.9 Å². The quantitative estimate of drug-likeness (QED) is 0.710. The Labute approximate surface area is 142 Å². The maximum Gasteiger partial charge on any atom is 0.337 e. The molecule has 0 amide bonds. The van der Waals surface area contributed by atoms with Crippen LogP contribution in [0.4, 0.5) is 0 Å². The monoisotopic (exact) mass is 332 g/mol. The van der Waals surface area contributed by atoms with Crippen molar-refractivity contribution < 1.29 is 24.5 Å². The summed E-state index contributed by atoms with van der Waals surface area (Å²) in [4.78, 5) is 22.7. The number of esters is 1. The maximum absolute atomic E-state index is 12.1. The van der Waals surface area contributed by atoms with Gasteiger partial charge < -0.3 is 14.9 Å². The molecule has 1 aromatic rings. The van der Waals surface area contributed by atoms with Crippen LogP contribution in [-0.4, -0.2) is 28.3 Å². The van der Waals surface area contributed by atoms with Gasteiger partial charge in [-0.2, -0.15) is 0 Å². The molecule has 1 heterocycles. The van der Waals surface area contributed by atoms with Crippen LogP contribution >= 0.6 is 0 Å². The number of carboxylic acids is 1. The lowest BCUT2D eigenvalue weighted by Crippen LogP contribution is -2.33. The highest BCUT2D eigenvalue weighted by atomic mass is 16.5. The van der Waals surface area contributed by atoms with E-state index >= 15 is 0 Å². The summed E-state index contributed by atoms with van der Waals surface area (Å²) in [6.07, 6.45) is 2.36. The lowest BCUT2D eigenvalue weighted by Gasteiger charge is -2.30. The summed E-state index contributed by atoms with van der Waals surface area (Å²) in [7, 11) is 0. The van der Waals surface area contributed by atoms with Crippen LogP contribution in [0.1, 0.15) is 44.6 Å². The van der Waals surface area contributed by atoms with E-state index in [-0.39, 0.29) is 42.6 Å². The Morgan fingerprint density at radius 3 is 2.58 bits per heavy atom. The lowest BCUT2D eigenvalue weighted by atomic mass is 9.87. The first-order chi connectivity index (χ1) is 11.5. The number of aliphatic hydroxyl groups excluding tert-OH is 1. The summed E-state index contributed by atoms with van der Waals surface area (Å²) < 4.78 is 5.49. The molecule has 1 aromatic carbocycles. The average molecular weight is 332 g/mol. The number of aryl methyl sites for hydroxylation is 1. The van der Waals surface area contributed by atoms with Crippen molar-refractivity contribution in [3.63, 3.8) is 0 Å². The first-order valence-corrected chi connectivity index (χ1v) is 8.39. The van der Waals surface area contributed by atoms with Crippen molar-refractivity contribution in [1.29, 1.82) is 0 Å². The van der Waals surface area contributed by atoms with Crippen LogP contribution in [0.3, 0.4) is 0 Å². The van der Waals surface area contributed by atoms with Crippen molar-refractivity contribution in [3.8, 4) is 0 Å². The predicted octanol–water partition coefficient (Wildman–Crippen LogP) is 3.64. The molecule has 0 fully saturated rings.